The van der Waals surface area contributed by atoms with Gasteiger partial charge in [0.15, 0.2) is 8.56 Å². The molecule has 7 heteroatoms. The Hall–Kier alpha value is -2.67. The monoisotopic (exact) mass is 511 g/mol. The summed E-state index contributed by atoms with van der Waals surface area (Å²) in [5.41, 5.74) is 0.0741. The molecule has 0 aromatic heterocycles. The lowest BCUT2D eigenvalue weighted by atomic mass is 9.92. The van der Waals surface area contributed by atoms with Gasteiger partial charge in [-0.2, -0.15) is 18.4 Å². The molecule has 2 atom stereocenters. The maximum Gasteiger partial charge on any atom is 0.416 e. The van der Waals surface area contributed by atoms with Crippen molar-refractivity contribution in [2.45, 2.75) is 50.7 Å². The van der Waals surface area contributed by atoms with Crippen LogP contribution in [0.15, 0.2) is 84.9 Å². The minimum absolute atomic E-state index is 0.0155. The standard InChI is InChI=1S/C28H32F3NOSi2/c1-27(2,3)35(34(25-10-6-4-7-11-25)26-12-8-5-9-13-26)33-21-19-23(18-20-32)22-14-16-24(17-15-22)28(29,30)31/h4-17,23,34-35H,18-19,21H2,1-3H3. The number of hydrogen-bond donors (Lipinski definition) is 0. The van der Waals surface area contributed by atoms with E-state index in [1.807, 2.05) is 12.1 Å². The van der Waals surface area contributed by atoms with Crippen molar-refractivity contribution in [2.75, 3.05) is 6.61 Å². The lowest BCUT2D eigenvalue weighted by molar-refractivity contribution is -0.137. The molecule has 0 spiro atoms. The molecule has 2 nitrogen and oxygen atoms in total. The van der Waals surface area contributed by atoms with Crippen molar-refractivity contribution >= 4 is 27.2 Å². The van der Waals surface area contributed by atoms with Crippen molar-refractivity contribution in [1.82, 2.24) is 0 Å². The van der Waals surface area contributed by atoms with Gasteiger partial charge in [0.05, 0.1) is 11.6 Å². The highest BCUT2D eigenvalue weighted by atomic mass is 29.2. The molecule has 0 aliphatic heterocycles. The molecule has 3 aromatic carbocycles. The minimum atomic E-state index is -4.37. The fourth-order valence-corrected chi connectivity index (χ4v) is 16.3. The minimum Gasteiger partial charge on any atom is -0.422 e. The Labute approximate surface area is 209 Å². The molecule has 2 unspecified atom stereocenters. The number of halogens is 3. The van der Waals surface area contributed by atoms with E-state index in [0.717, 1.165) is 17.7 Å². The Balaban J connectivity index is 1.82. The second kappa shape index (κ2) is 11.8. The van der Waals surface area contributed by atoms with Crippen LogP contribution in [0, 0.1) is 11.3 Å². The maximum atomic E-state index is 13.0. The van der Waals surface area contributed by atoms with E-state index in [4.69, 9.17) is 4.43 Å². The first-order valence-corrected chi connectivity index (χ1v) is 16.7. The van der Waals surface area contributed by atoms with Gasteiger partial charge < -0.3 is 4.43 Å². The lowest BCUT2D eigenvalue weighted by Crippen LogP contribution is -2.59. The topological polar surface area (TPSA) is 33.0 Å². The van der Waals surface area contributed by atoms with Crippen LogP contribution < -0.4 is 10.4 Å². The van der Waals surface area contributed by atoms with Crippen LogP contribution in [0.4, 0.5) is 13.2 Å². The Kier molecular flexibility index (Phi) is 9.11. The summed E-state index contributed by atoms with van der Waals surface area (Å²) in [5.74, 6) is -0.162. The fraction of sp³-hybridized carbons (Fsp3) is 0.321. The molecule has 3 aromatic rings. The fourth-order valence-electron chi connectivity index (χ4n) is 4.49. The predicted octanol–water partition coefficient (Wildman–Crippen LogP) is 5.75. The van der Waals surface area contributed by atoms with Crippen LogP contribution >= 0.6 is 0 Å². The molecule has 0 fully saturated rings. The summed E-state index contributed by atoms with van der Waals surface area (Å²) in [6.45, 7) is 7.24. The van der Waals surface area contributed by atoms with Gasteiger partial charge in [-0.15, -0.1) is 0 Å². The number of hydrogen-bond acceptors (Lipinski definition) is 2. The molecule has 0 N–H and O–H groups in total. The smallest absolute Gasteiger partial charge is 0.416 e. The Morgan fingerprint density at radius 2 is 1.34 bits per heavy atom. The summed E-state index contributed by atoms with van der Waals surface area (Å²) in [7, 11) is -3.43. The normalized spacial score (nSPS) is 13.9. The zero-order chi connectivity index (χ0) is 25.5. The van der Waals surface area contributed by atoms with E-state index < -0.39 is 28.6 Å². The molecule has 184 valence electrons. The Morgan fingerprint density at radius 1 is 0.829 bits per heavy atom. The maximum absolute atomic E-state index is 13.0. The second-order valence-corrected chi connectivity index (χ2v) is 18.9. The molecule has 0 amide bonds. The van der Waals surface area contributed by atoms with Gasteiger partial charge in [-0.3, -0.25) is 0 Å². The predicted molar refractivity (Wildman–Crippen MR) is 141 cm³/mol. The van der Waals surface area contributed by atoms with E-state index in [1.54, 1.807) is 0 Å². The van der Waals surface area contributed by atoms with Crippen molar-refractivity contribution < 1.29 is 17.6 Å². The van der Waals surface area contributed by atoms with Crippen molar-refractivity contribution in [3.63, 3.8) is 0 Å². The highest BCUT2D eigenvalue weighted by Gasteiger charge is 2.39. The van der Waals surface area contributed by atoms with E-state index in [2.05, 4.69) is 75.4 Å². The van der Waals surface area contributed by atoms with Gasteiger partial charge in [0, 0.05) is 13.0 Å². The molecule has 0 saturated carbocycles. The number of benzene rings is 3. The van der Waals surface area contributed by atoms with Crippen LogP contribution in [-0.4, -0.2) is 23.5 Å². The summed E-state index contributed by atoms with van der Waals surface area (Å²) in [4.78, 5) is 0. The summed E-state index contributed by atoms with van der Waals surface area (Å²) in [6, 6.07) is 28.6. The first kappa shape index (κ1) is 26.9. The number of alkyl halides is 3. The van der Waals surface area contributed by atoms with Gasteiger partial charge >= 0.3 is 6.18 Å². The van der Waals surface area contributed by atoms with E-state index in [-0.39, 0.29) is 17.4 Å². The zero-order valence-corrected chi connectivity index (χ0v) is 22.7. The molecular formula is C28H32F3NOSi2. The summed E-state index contributed by atoms with van der Waals surface area (Å²) in [5, 5.41) is 12.1. The first-order chi connectivity index (χ1) is 16.6. The lowest BCUT2D eigenvalue weighted by Gasteiger charge is -2.35. The van der Waals surface area contributed by atoms with Crippen LogP contribution in [0.5, 0.6) is 0 Å². The zero-order valence-electron chi connectivity index (χ0n) is 20.4. The molecule has 0 bridgehead atoms. The average Bonchev–Trinajstić information content (AvgIpc) is 2.83. The van der Waals surface area contributed by atoms with Crippen LogP contribution in [0.25, 0.3) is 0 Å². The van der Waals surface area contributed by atoms with Gasteiger partial charge in [0.1, 0.15) is 8.31 Å². The molecule has 35 heavy (non-hydrogen) atoms. The highest BCUT2D eigenvalue weighted by Crippen LogP contribution is 2.33. The Bertz CT molecular complexity index is 1050. The molecule has 3 rings (SSSR count). The molecule has 0 aliphatic carbocycles. The van der Waals surface area contributed by atoms with Gasteiger partial charge in [-0.25, -0.2) is 0 Å². The van der Waals surface area contributed by atoms with Gasteiger partial charge in [-0.1, -0.05) is 104 Å². The van der Waals surface area contributed by atoms with Gasteiger partial charge in [-0.05, 0) is 35.1 Å². The molecule has 0 saturated heterocycles. The third-order valence-corrected chi connectivity index (χ3v) is 19.1. The molecular weight excluding hydrogens is 479 g/mol. The summed E-state index contributed by atoms with van der Waals surface area (Å²) >= 11 is 0. The largest absolute Gasteiger partial charge is 0.422 e. The average molecular weight is 512 g/mol. The highest BCUT2D eigenvalue weighted by molar-refractivity contribution is 7.32. The van der Waals surface area contributed by atoms with Crippen molar-refractivity contribution in [3.05, 3.63) is 96.1 Å². The third kappa shape index (κ3) is 7.41. The number of rotatable bonds is 9. The quantitative estimate of drug-likeness (QED) is 0.343. The SMILES string of the molecule is CC(C)(C)[SiH](OCCC(CC#N)c1ccc(C(F)(F)F)cc1)[SiH](c1ccccc1)c1ccccc1. The summed E-state index contributed by atoms with van der Waals surface area (Å²) in [6.07, 6.45) is -3.52. The van der Waals surface area contributed by atoms with E-state index in [9.17, 15) is 18.4 Å². The first-order valence-electron chi connectivity index (χ1n) is 11.9. The van der Waals surface area contributed by atoms with Gasteiger partial charge in [0.2, 0.25) is 0 Å². The van der Waals surface area contributed by atoms with Crippen LogP contribution in [0.3, 0.4) is 0 Å². The molecule has 0 radical (unpaired) electrons. The summed E-state index contributed by atoms with van der Waals surface area (Å²) < 4.78 is 45.7. The van der Waals surface area contributed by atoms with Crippen molar-refractivity contribution in [3.8, 4) is 6.07 Å². The second-order valence-electron chi connectivity index (χ2n) is 9.92. The van der Waals surface area contributed by atoms with Crippen LogP contribution in [0.2, 0.25) is 5.04 Å². The molecule has 0 aliphatic rings. The van der Waals surface area contributed by atoms with Crippen LogP contribution in [-0.2, 0) is 10.6 Å². The van der Waals surface area contributed by atoms with E-state index >= 15 is 0 Å². The van der Waals surface area contributed by atoms with E-state index in [0.29, 0.717) is 13.0 Å². The van der Waals surface area contributed by atoms with Crippen LogP contribution in [0.1, 0.15) is 50.7 Å². The third-order valence-electron chi connectivity index (χ3n) is 6.28. The molecule has 0 heterocycles. The Morgan fingerprint density at radius 3 is 1.77 bits per heavy atom. The van der Waals surface area contributed by atoms with Gasteiger partial charge in [0.25, 0.3) is 0 Å². The number of nitrogens with zero attached hydrogens (tertiary/aromatic N) is 1. The van der Waals surface area contributed by atoms with Crippen molar-refractivity contribution in [2.24, 2.45) is 0 Å². The van der Waals surface area contributed by atoms with Crippen molar-refractivity contribution in [1.29, 1.82) is 5.26 Å². The number of nitriles is 1. The van der Waals surface area contributed by atoms with E-state index in [1.165, 1.54) is 22.5 Å².